The van der Waals surface area contributed by atoms with E-state index in [1.165, 1.54) is 0 Å². The number of ether oxygens (including phenoxy) is 1. The van der Waals surface area contributed by atoms with E-state index in [2.05, 4.69) is 31.4 Å². The van der Waals surface area contributed by atoms with E-state index in [1.807, 2.05) is 0 Å². The van der Waals surface area contributed by atoms with Crippen molar-refractivity contribution in [2.24, 2.45) is 0 Å². The molecule has 0 amide bonds. The largest absolute Gasteiger partial charge is 0.383 e. The first-order valence-electron chi connectivity index (χ1n) is 4.66. The summed E-state index contributed by atoms with van der Waals surface area (Å²) in [5, 5.41) is 7.03. The van der Waals surface area contributed by atoms with Crippen molar-refractivity contribution in [2.45, 2.75) is 39.3 Å². The van der Waals surface area contributed by atoms with Crippen LogP contribution in [0.25, 0.3) is 0 Å². The van der Waals surface area contributed by atoms with E-state index in [4.69, 9.17) is 17.0 Å². The first-order chi connectivity index (χ1) is 6.10. The molecule has 0 fully saturated rings. The zero-order valence-corrected chi connectivity index (χ0v) is 9.70. The standard InChI is InChI=1S/C9H20N2OS/c1-5-8(6-12-4)11-9(13)10-7(2)3/h7-8H,5-6H2,1-4H3,(H2,10,11,13). The molecule has 4 heteroatoms. The molecule has 0 aromatic rings. The highest BCUT2D eigenvalue weighted by molar-refractivity contribution is 7.80. The van der Waals surface area contributed by atoms with Gasteiger partial charge in [0, 0.05) is 13.2 Å². The number of methoxy groups -OCH3 is 1. The van der Waals surface area contributed by atoms with Crippen LogP contribution in [0.1, 0.15) is 27.2 Å². The Morgan fingerprint density at radius 3 is 2.38 bits per heavy atom. The fraction of sp³-hybridized carbons (Fsp3) is 0.889. The summed E-state index contributed by atoms with van der Waals surface area (Å²) in [7, 11) is 1.70. The predicted molar refractivity (Wildman–Crippen MR) is 60.0 cm³/mol. The van der Waals surface area contributed by atoms with Crippen LogP contribution in [0.4, 0.5) is 0 Å². The zero-order chi connectivity index (χ0) is 10.3. The SMILES string of the molecule is CCC(COC)NC(=S)NC(C)C. The van der Waals surface area contributed by atoms with E-state index < -0.39 is 0 Å². The van der Waals surface area contributed by atoms with Gasteiger partial charge in [-0.05, 0) is 32.5 Å². The summed E-state index contributed by atoms with van der Waals surface area (Å²) in [6.07, 6.45) is 1.01. The van der Waals surface area contributed by atoms with Crippen molar-refractivity contribution in [3.05, 3.63) is 0 Å². The van der Waals surface area contributed by atoms with Gasteiger partial charge in [0.25, 0.3) is 0 Å². The summed E-state index contributed by atoms with van der Waals surface area (Å²) in [4.78, 5) is 0. The number of hydrogen-bond acceptors (Lipinski definition) is 2. The smallest absolute Gasteiger partial charge is 0.166 e. The molecule has 0 bridgehead atoms. The van der Waals surface area contributed by atoms with Gasteiger partial charge >= 0.3 is 0 Å². The molecule has 1 atom stereocenters. The van der Waals surface area contributed by atoms with Crippen LogP contribution in [-0.4, -0.2) is 30.9 Å². The molecule has 0 heterocycles. The quantitative estimate of drug-likeness (QED) is 0.661. The second kappa shape index (κ2) is 7.09. The van der Waals surface area contributed by atoms with Gasteiger partial charge in [0.15, 0.2) is 5.11 Å². The van der Waals surface area contributed by atoms with Crippen LogP contribution in [0, 0.1) is 0 Å². The molecule has 13 heavy (non-hydrogen) atoms. The van der Waals surface area contributed by atoms with Crippen LogP contribution in [0.5, 0.6) is 0 Å². The summed E-state index contributed by atoms with van der Waals surface area (Å²) in [5.41, 5.74) is 0. The lowest BCUT2D eigenvalue weighted by Crippen LogP contribution is -2.45. The highest BCUT2D eigenvalue weighted by atomic mass is 32.1. The summed E-state index contributed by atoms with van der Waals surface area (Å²) in [6, 6.07) is 0.684. The molecular formula is C9H20N2OS. The molecule has 0 saturated heterocycles. The molecule has 0 spiro atoms. The van der Waals surface area contributed by atoms with Gasteiger partial charge in [-0.25, -0.2) is 0 Å². The minimum absolute atomic E-state index is 0.309. The maximum atomic E-state index is 5.11. The number of thiocarbonyl (C=S) groups is 1. The van der Waals surface area contributed by atoms with E-state index in [0.29, 0.717) is 23.8 Å². The molecule has 0 radical (unpaired) electrons. The molecular weight excluding hydrogens is 184 g/mol. The monoisotopic (exact) mass is 204 g/mol. The Hall–Kier alpha value is -0.350. The Morgan fingerprint density at radius 2 is 2.00 bits per heavy atom. The minimum Gasteiger partial charge on any atom is -0.383 e. The van der Waals surface area contributed by atoms with Crippen LogP contribution >= 0.6 is 12.2 Å². The summed E-state index contributed by atoms with van der Waals surface area (Å²) in [6.45, 7) is 6.92. The molecule has 0 rings (SSSR count). The fourth-order valence-corrected chi connectivity index (χ4v) is 1.35. The molecule has 3 nitrogen and oxygen atoms in total. The average molecular weight is 204 g/mol. The normalized spacial score (nSPS) is 12.7. The van der Waals surface area contributed by atoms with Crippen LogP contribution in [0.2, 0.25) is 0 Å². The first kappa shape index (κ1) is 12.7. The van der Waals surface area contributed by atoms with Gasteiger partial charge in [0.1, 0.15) is 0 Å². The van der Waals surface area contributed by atoms with Gasteiger partial charge in [-0.3, -0.25) is 0 Å². The Morgan fingerprint density at radius 1 is 1.38 bits per heavy atom. The fourth-order valence-electron chi connectivity index (χ4n) is 0.952. The lowest BCUT2D eigenvalue weighted by atomic mass is 10.2. The third-order valence-corrected chi connectivity index (χ3v) is 1.85. The highest BCUT2D eigenvalue weighted by Gasteiger charge is 2.07. The lowest BCUT2D eigenvalue weighted by molar-refractivity contribution is 0.172. The molecule has 1 unspecified atom stereocenters. The van der Waals surface area contributed by atoms with Crippen LogP contribution in [-0.2, 0) is 4.74 Å². The Bertz CT molecular complexity index is 151. The molecule has 0 aliphatic heterocycles. The third kappa shape index (κ3) is 6.78. The van der Waals surface area contributed by atoms with Gasteiger partial charge in [0.05, 0.1) is 12.6 Å². The van der Waals surface area contributed by atoms with Crippen molar-refractivity contribution in [3.63, 3.8) is 0 Å². The third-order valence-electron chi connectivity index (χ3n) is 1.62. The van der Waals surface area contributed by atoms with Crippen LogP contribution in [0.15, 0.2) is 0 Å². The minimum atomic E-state index is 0.309. The van der Waals surface area contributed by atoms with Crippen molar-refractivity contribution in [3.8, 4) is 0 Å². The Balaban J connectivity index is 3.73. The van der Waals surface area contributed by atoms with Gasteiger partial charge < -0.3 is 15.4 Å². The molecule has 2 N–H and O–H groups in total. The van der Waals surface area contributed by atoms with Gasteiger partial charge in [-0.2, -0.15) is 0 Å². The highest BCUT2D eigenvalue weighted by Crippen LogP contribution is 1.91. The maximum Gasteiger partial charge on any atom is 0.166 e. The van der Waals surface area contributed by atoms with Gasteiger partial charge in [0.2, 0.25) is 0 Å². The van der Waals surface area contributed by atoms with E-state index in [9.17, 15) is 0 Å². The molecule has 78 valence electrons. The van der Waals surface area contributed by atoms with Crippen molar-refractivity contribution in [2.75, 3.05) is 13.7 Å². The summed E-state index contributed by atoms with van der Waals surface area (Å²) in [5.74, 6) is 0. The van der Waals surface area contributed by atoms with E-state index in [0.717, 1.165) is 6.42 Å². The van der Waals surface area contributed by atoms with Gasteiger partial charge in [-0.1, -0.05) is 6.92 Å². The van der Waals surface area contributed by atoms with E-state index in [1.54, 1.807) is 7.11 Å². The predicted octanol–water partition coefficient (Wildman–Crippen LogP) is 1.28. The lowest BCUT2D eigenvalue weighted by Gasteiger charge is -2.19. The van der Waals surface area contributed by atoms with Crippen LogP contribution < -0.4 is 10.6 Å². The zero-order valence-electron chi connectivity index (χ0n) is 8.89. The molecule has 0 aromatic carbocycles. The van der Waals surface area contributed by atoms with Crippen molar-refractivity contribution in [1.29, 1.82) is 0 Å². The van der Waals surface area contributed by atoms with Crippen LogP contribution in [0.3, 0.4) is 0 Å². The number of hydrogen-bond donors (Lipinski definition) is 2. The number of nitrogens with one attached hydrogen (secondary N) is 2. The topological polar surface area (TPSA) is 33.3 Å². The molecule has 0 aliphatic rings. The van der Waals surface area contributed by atoms with Gasteiger partial charge in [-0.15, -0.1) is 0 Å². The Kier molecular flexibility index (Phi) is 6.90. The molecule has 0 aromatic heterocycles. The summed E-state index contributed by atoms with van der Waals surface area (Å²) >= 11 is 5.11. The average Bonchev–Trinajstić information content (AvgIpc) is 2.02. The number of rotatable bonds is 5. The second-order valence-electron chi connectivity index (χ2n) is 3.33. The van der Waals surface area contributed by atoms with E-state index >= 15 is 0 Å². The van der Waals surface area contributed by atoms with Crippen molar-refractivity contribution >= 4 is 17.3 Å². The maximum absolute atomic E-state index is 5.11. The Labute approximate surface area is 86.2 Å². The summed E-state index contributed by atoms with van der Waals surface area (Å²) < 4.78 is 5.05. The van der Waals surface area contributed by atoms with Crippen molar-refractivity contribution < 1.29 is 4.74 Å². The first-order valence-corrected chi connectivity index (χ1v) is 5.06. The second-order valence-corrected chi connectivity index (χ2v) is 3.74. The van der Waals surface area contributed by atoms with Crippen molar-refractivity contribution in [1.82, 2.24) is 10.6 Å². The molecule has 0 aliphatic carbocycles. The van der Waals surface area contributed by atoms with E-state index in [-0.39, 0.29) is 0 Å². The molecule has 0 saturated carbocycles.